The topological polar surface area (TPSA) is 45.7 Å². The van der Waals surface area contributed by atoms with Crippen LogP contribution in [0.2, 0.25) is 0 Å². The fourth-order valence-electron chi connectivity index (χ4n) is 0.923. The first-order valence-corrected chi connectivity index (χ1v) is 3.53. The van der Waals surface area contributed by atoms with Gasteiger partial charge in [0.15, 0.2) is 6.20 Å². The molecule has 0 unspecified atom stereocenters. The van der Waals surface area contributed by atoms with Gasteiger partial charge in [-0.3, -0.25) is 0 Å². The summed E-state index contributed by atoms with van der Waals surface area (Å²) in [5.74, 6) is 0. The first-order valence-electron chi connectivity index (χ1n) is 3.53. The molecule has 1 aromatic heterocycles. The van der Waals surface area contributed by atoms with Gasteiger partial charge in [-0.2, -0.15) is 4.57 Å². The molecule has 0 aromatic carbocycles. The molecule has 0 aliphatic carbocycles. The minimum Gasteiger partial charge on any atom is -0.411 e. The Labute approximate surface area is 70.7 Å². The molecular weight excluding hydrogens is 156 g/mol. The van der Waals surface area contributed by atoms with Gasteiger partial charge in [0.2, 0.25) is 5.69 Å². The molecule has 1 heterocycles. The average molecular weight is 167 g/mol. The van der Waals surface area contributed by atoms with Crippen LogP contribution in [0.4, 0.5) is 0 Å². The van der Waals surface area contributed by atoms with Crippen molar-refractivity contribution in [3.63, 3.8) is 0 Å². The van der Waals surface area contributed by atoms with Crippen LogP contribution < -0.4 is 4.57 Å². The molecule has 4 nitrogen and oxygen atoms in total. The van der Waals surface area contributed by atoms with Gasteiger partial charge in [0.05, 0.1) is 0 Å². The van der Waals surface area contributed by atoms with Crippen LogP contribution in [0.5, 0.6) is 0 Å². The molecule has 0 fully saturated rings. The lowest BCUT2D eigenvalue weighted by atomic mass is 10.3. The molecule has 0 amide bonds. The molecule has 0 radical (unpaired) electrons. The third-order valence-electron chi connectivity index (χ3n) is 1.43. The summed E-state index contributed by atoms with van der Waals surface area (Å²) in [4.78, 5) is 0. The van der Waals surface area contributed by atoms with E-state index in [1.165, 1.54) is 6.21 Å². The van der Waals surface area contributed by atoms with Crippen molar-refractivity contribution in [3.05, 3.63) is 30.1 Å². The van der Waals surface area contributed by atoms with E-state index in [2.05, 4.69) is 5.16 Å². The van der Waals surface area contributed by atoms with Gasteiger partial charge in [-0.25, -0.2) is 0 Å². The summed E-state index contributed by atoms with van der Waals surface area (Å²) < 4.78 is 6.75. The summed E-state index contributed by atoms with van der Waals surface area (Å²) in [7, 11) is 1.61. The summed E-state index contributed by atoms with van der Waals surface area (Å²) in [6, 6.07) is 5.58. The summed E-state index contributed by atoms with van der Waals surface area (Å²) in [5, 5.41) is 11.3. The second-order valence-corrected chi connectivity index (χ2v) is 2.26. The molecule has 0 atom stereocenters. The number of ether oxygens (including phenoxy) is 1. The van der Waals surface area contributed by atoms with Gasteiger partial charge in [0, 0.05) is 19.2 Å². The van der Waals surface area contributed by atoms with Gasteiger partial charge in [-0.1, -0.05) is 5.16 Å². The number of rotatable bonds is 3. The minimum atomic E-state index is 0.447. The van der Waals surface area contributed by atoms with E-state index in [1.807, 2.05) is 29.0 Å². The molecule has 0 aliphatic heterocycles. The highest BCUT2D eigenvalue weighted by molar-refractivity contribution is 5.74. The van der Waals surface area contributed by atoms with Crippen molar-refractivity contribution in [2.75, 3.05) is 7.11 Å². The number of hydrogen-bond acceptors (Lipinski definition) is 3. The van der Waals surface area contributed by atoms with Crippen molar-refractivity contribution in [1.82, 2.24) is 0 Å². The highest BCUT2D eigenvalue weighted by atomic mass is 16.5. The van der Waals surface area contributed by atoms with Gasteiger partial charge in [-0.05, 0) is 6.07 Å². The maximum Gasteiger partial charge on any atom is 0.252 e. The Balaban J connectivity index is 2.91. The average Bonchev–Trinajstić information content (AvgIpc) is 2.09. The molecular formula is C8H11N2O2+. The van der Waals surface area contributed by atoms with Gasteiger partial charge in [0.25, 0.3) is 6.73 Å². The Morgan fingerprint density at radius 1 is 1.67 bits per heavy atom. The van der Waals surface area contributed by atoms with E-state index in [9.17, 15) is 0 Å². The molecule has 0 spiro atoms. The molecule has 4 heteroatoms. The van der Waals surface area contributed by atoms with Crippen LogP contribution >= 0.6 is 0 Å². The third-order valence-corrected chi connectivity index (χ3v) is 1.43. The lowest BCUT2D eigenvalue weighted by Gasteiger charge is -1.96. The number of methoxy groups -OCH3 is 1. The van der Waals surface area contributed by atoms with E-state index >= 15 is 0 Å². The zero-order chi connectivity index (χ0) is 8.81. The Bertz CT molecular complexity index is 274. The molecule has 0 aliphatic rings. The normalized spacial score (nSPS) is 10.8. The molecule has 0 saturated carbocycles. The molecule has 0 bridgehead atoms. The fraction of sp³-hybridized carbons (Fsp3) is 0.250. The van der Waals surface area contributed by atoms with E-state index in [0.717, 1.165) is 5.69 Å². The first kappa shape index (κ1) is 8.67. The lowest BCUT2D eigenvalue weighted by Crippen LogP contribution is -2.38. The van der Waals surface area contributed by atoms with Gasteiger partial charge < -0.3 is 9.94 Å². The van der Waals surface area contributed by atoms with Crippen molar-refractivity contribution in [2.45, 2.75) is 6.73 Å². The van der Waals surface area contributed by atoms with Crippen molar-refractivity contribution in [3.8, 4) is 0 Å². The van der Waals surface area contributed by atoms with E-state index in [0.29, 0.717) is 6.73 Å². The van der Waals surface area contributed by atoms with Gasteiger partial charge >= 0.3 is 0 Å². The van der Waals surface area contributed by atoms with Crippen molar-refractivity contribution >= 4 is 6.21 Å². The maximum atomic E-state index is 8.33. The van der Waals surface area contributed by atoms with Crippen LogP contribution in [-0.4, -0.2) is 18.5 Å². The zero-order valence-corrected chi connectivity index (χ0v) is 6.84. The van der Waals surface area contributed by atoms with E-state index in [1.54, 1.807) is 7.11 Å². The second-order valence-electron chi connectivity index (χ2n) is 2.26. The molecule has 1 rings (SSSR count). The molecule has 1 aromatic rings. The minimum absolute atomic E-state index is 0.447. The van der Waals surface area contributed by atoms with Crippen LogP contribution in [0, 0.1) is 0 Å². The lowest BCUT2D eigenvalue weighted by molar-refractivity contribution is -0.731. The predicted molar refractivity (Wildman–Crippen MR) is 43.0 cm³/mol. The van der Waals surface area contributed by atoms with Crippen molar-refractivity contribution in [1.29, 1.82) is 0 Å². The first-order chi connectivity index (χ1) is 5.88. The van der Waals surface area contributed by atoms with Crippen molar-refractivity contribution < 1.29 is 14.5 Å². The van der Waals surface area contributed by atoms with Crippen LogP contribution in [0.15, 0.2) is 29.6 Å². The highest BCUT2D eigenvalue weighted by Crippen LogP contribution is 1.87. The quantitative estimate of drug-likeness (QED) is 0.306. The second kappa shape index (κ2) is 4.46. The van der Waals surface area contributed by atoms with Crippen LogP contribution in [0.1, 0.15) is 5.69 Å². The Hall–Kier alpha value is -1.42. The standard InChI is InChI=1S/C8H10N2O2/c1-12-7-10-5-3-2-4-8(10)6-9-11/h2-6H,7H2,1H3/p+1. The van der Waals surface area contributed by atoms with Gasteiger partial charge in [-0.15, -0.1) is 0 Å². The monoisotopic (exact) mass is 167 g/mol. The summed E-state index contributed by atoms with van der Waals surface area (Å²) in [6.07, 6.45) is 3.21. The van der Waals surface area contributed by atoms with E-state index in [4.69, 9.17) is 9.94 Å². The number of hydrogen-bond donors (Lipinski definition) is 1. The number of pyridine rings is 1. The van der Waals surface area contributed by atoms with Gasteiger partial charge in [0.1, 0.15) is 6.21 Å². The summed E-state index contributed by atoms with van der Waals surface area (Å²) in [5.41, 5.74) is 0.793. The molecule has 1 N–H and O–H groups in total. The maximum absolute atomic E-state index is 8.33. The fourth-order valence-corrected chi connectivity index (χ4v) is 0.923. The Morgan fingerprint density at radius 3 is 3.17 bits per heavy atom. The Morgan fingerprint density at radius 2 is 2.50 bits per heavy atom. The molecule has 12 heavy (non-hydrogen) atoms. The molecule has 64 valence electrons. The highest BCUT2D eigenvalue weighted by Gasteiger charge is 2.04. The van der Waals surface area contributed by atoms with Crippen molar-refractivity contribution in [2.24, 2.45) is 5.16 Å². The number of aromatic nitrogens is 1. The number of oxime groups is 1. The summed E-state index contributed by atoms with van der Waals surface area (Å²) >= 11 is 0. The summed E-state index contributed by atoms with van der Waals surface area (Å²) in [6.45, 7) is 0.447. The Kier molecular flexibility index (Phi) is 3.22. The largest absolute Gasteiger partial charge is 0.411 e. The SMILES string of the molecule is COC[n+]1ccccc1/C=N/O. The number of nitrogens with zero attached hydrogens (tertiary/aromatic N) is 2. The zero-order valence-electron chi connectivity index (χ0n) is 6.84. The predicted octanol–water partition coefficient (Wildman–Crippen LogP) is 0.386. The van der Waals surface area contributed by atoms with E-state index in [-0.39, 0.29) is 0 Å². The van der Waals surface area contributed by atoms with Crippen LogP contribution in [-0.2, 0) is 11.5 Å². The van der Waals surface area contributed by atoms with Crippen LogP contribution in [0.3, 0.4) is 0 Å². The third kappa shape index (κ3) is 2.03. The van der Waals surface area contributed by atoms with E-state index < -0.39 is 0 Å². The van der Waals surface area contributed by atoms with Crippen LogP contribution in [0.25, 0.3) is 0 Å². The molecule has 0 saturated heterocycles. The smallest absolute Gasteiger partial charge is 0.252 e.